The molecule has 1 aromatic carbocycles. The van der Waals surface area contributed by atoms with Gasteiger partial charge in [-0.3, -0.25) is 9.48 Å². The van der Waals surface area contributed by atoms with Crippen molar-refractivity contribution in [2.75, 3.05) is 13.7 Å². The molecule has 0 spiro atoms. The molecule has 8 heteroatoms. The van der Waals surface area contributed by atoms with Crippen LogP contribution in [-0.2, 0) is 20.1 Å². The summed E-state index contributed by atoms with van der Waals surface area (Å²) in [5.74, 6) is 0.694. The highest BCUT2D eigenvalue weighted by Gasteiger charge is 2.23. The van der Waals surface area contributed by atoms with Gasteiger partial charge in [0.2, 0.25) is 0 Å². The molecule has 2 aromatic heterocycles. The maximum Gasteiger partial charge on any atom is 0.254 e. The van der Waals surface area contributed by atoms with E-state index in [1.165, 1.54) is 0 Å². The third-order valence-electron chi connectivity index (χ3n) is 4.46. The number of hydrogen-bond acceptors (Lipinski definition) is 5. The number of rotatable bonds is 3. The molecule has 0 atom stereocenters. The molecule has 3 aromatic rings. The highest BCUT2D eigenvalue weighted by Crippen LogP contribution is 2.31. The van der Waals surface area contributed by atoms with Crippen molar-refractivity contribution in [3.8, 4) is 17.0 Å². The molecule has 0 bridgehead atoms. The zero-order valence-electron chi connectivity index (χ0n) is 14.1. The minimum Gasteiger partial charge on any atom is -0.496 e. The van der Waals surface area contributed by atoms with E-state index in [2.05, 4.69) is 15.4 Å². The number of aromatic nitrogens is 5. The molecule has 8 nitrogen and oxygen atoms in total. The van der Waals surface area contributed by atoms with E-state index in [1.54, 1.807) is 30.3 Å². The van der Waals surface area contributed by atoms with E-state index in [0.29, 0.717) is 30.9 Å². The quantitative estimate of drug-likeness (QED) is 0.720. The first-order valence-corrected chi connectivity index (χ1v) is 8.00. The molecule has 1 aliphatic rings. The van der Waals surface area contributed by atoms with E-state index >= 15 is 0 Å². The lowest BCUT2D eigenvalue weighted by atomic mass is 10.1. The number of benzene rings is 1. The smallest absolute Gasteiger partial charge is 0.254 e. The van der Waals surface area contributed by atoms with Gasteiger partial charge in [-0.05, 0) is 24.3 Å². The number of methoxy groups -OCH3 is 1. The number of hydrogen-bond donors (Lipinski definition) is 0. The van der Waals surface area contributed by atoms with Crippen molar-refractivity contribution in [1.82, 2.24) is 29.7 Å². The van der Waals surface area contributed by atoms with Gasteiger partial charge in [-0.15, -0.1) is 5.10 Å². The van der Waals surface area contributed by atoms with Crippen LogP contribution in [0.25, 0.3) is 11.3 Å². The summed E-state index contributed by atoms with van der Waals surface area (Å²) in [6.07, 6.45) is 3.43. The summed E-state index contributed by atoms with van der Waals surface area (Å²) >= 11 is 0. The van der Waals surface area contributed by atoms with Gasteiger partial charge in [-0.25, -0.2) is 4.68 Å². The summed E-state index contributed by atoms with van der Waals surface area (Å²) in [7, 11) is 3.48. The molecule has 0 saturated carbocycles. The third kappa shape index (κ3) is 2.65. The Morgan fingerprint density at radius 2 is 2.12 bits per heavy atom. The maximum atomic E-state index is 13.0. The van der Waals surface area contributed by atoms with Crippen LogP contribution >= 0.6 is 0 Å². The van der Waals surface area contributed by atoms with Crippen molar-refractivity contribution < 1.29 is 9.53 Å². The van der Waals surface area contributed by atoms with Gasteiger partial charge >= 0.3 is 0 Å². The first-order chi connectivity index (χ1) is 12.2. The molecule has 0 aliphatic carbocycles. The molecule has 0 radical (unpaired) electrons. The molecule has 1 aliphatic heterocycles. The monoisotopic (exact) mass is 338 g/mol. The summed E-state index contributed by atoms with van der Waals surface area (Å²) < 4.78 is 9.05. The van der Waals surface area contributed by atoms with Crippen molar-refractivity contribution in [3.63, 3.8) is 0 Å². The second-order valence-electron chi connectivity index (χ2n) is 5.93. The Kier molecular flexibility index (Phi) is 3.72. The number of ether oxygens (including phenoxy) is 1. The SMILES string of the molecule is COc1ccc(C(=O)N2CCn3nncc3C2)cc1-c1ccnn1C. The first kappa shape index (κ1) is 15.4. The molecule has 1 amide bonds. The molecule has 0 unspecified atom stereocenters. The largest absolute Gasteiger partial charge is 0.496 e. The Morgan fingerprint density at radius 1 is 1.24 bits per heavy atom. The van der Waals surface area contributed by atoms with Crippen LogP contribution in [0.3, 0.4) is 0 Å². The molecule has 0 N–H and O–H groups in total. The Labute approximate surface area is 144 Å². The van der Waals surface area contributed by atoms with Crippen molar-refractivity contribution in [2.24, 2.45) is 7.05 Å². The number of aryl methyl sites for hydroxylation is 1. The summed E-state index contributed by atoms with van der Waals surface area (Å²) in [4.78, 5) is 14.8. The lowest BCUT2D eigenvalue weighted by Gasteiger charge is -2.27. The minimum absolute atomic E-state index is 0.0153. The predicted octanol–water partition coefficient (Wildman–Crippen LogP) is 1.34. The summed E-state index contributed by atoms with van der Waals surface area (Å²) in [6, 6.07) is 7.38. The highest BCUT2D eigenvalue weighted by molar-refractivity contribution is 5.96. The molecular weight excluding hydrogens is 320 g/mol. The molecule has 128 valence electrons. The van der Waals surface area contributed by atoms with E-state index in [0.717, 1.165) is 17.0 Å². The maximum absolute atomic E-state index is 13.0. The van der Waals surface area contributed by atoms with E-state index in [4.69, 9.17) is 4.74 Å². The summed E-state index contributed by atoms with van der Waals surface area (Å²) in [6.45, 7) is 1.78. The summed E-state index contributed by atoms with van der Waals surface area (Å²) in [5.41, 5.74) is 3.31. The molecule has 4 rings (SSSR count). The van der Waals surface area contributed by atoms with Crippen molar-refractivity contribution in [3.05, 3.63) is 47.9 Å². The Bertz CT molecular complexity index is 929. The Hall–Kier alpha value is -3.16. The van der Waals surface area contributed by atoms with E-state index in [9.17, 15) is 4.79 Å². The van der Waals surface area contributed by atoms with Gasteiger partial charge in [-0.2, -0.15) is 5.10 Å². The number of amides is 1. The van der Waals surface area contributed by atoms with Gasteiger partial charge in [0.15, 0.2) is 0 Å². The van der Waals surface area contributed by atoms with Gasteiger partial charge in [-0.1, -0.05) is 5.21 Å². The second-order valence-corrected chi connectivity index (χ2v) is 5.93. The van der Waals surface area contributed by atoms with Crippen LogP contribution in [0.4, 0.5) is 0 Å². The number of fused-ring (bicyclic) bond motifs is 1. The highest BCUT2D eigenvalue weighted by atomic mass is 16.5. The zero-order chi connectivity index (χ0) is 17.4. The molecule has 0 saturated heterocycles. The fourth-order valence-corrected chi connectivity index (χ4v) is 3.11. The molecule has 0 fully saturated rings. The normalized spacial score (nSPS) is 13.6. The van der Waals surface area contributed by atoms with E-state index < -0.39 is 0 Å². The average Bonchev–Trinajstić information content (AvgIpc) is 3.28. The first-order valence-electron chi connectivity index (χ1n) is 8.00. The third-order valence-corrected chi connectivity index (χ3v) is 4.46. The molecule has 3 heterocycles. The number of carbonyl (C=O) groups excluding carboxylic acids is 1. The zero-order valence-corrected chi connectivity index (χ0v) is 14.1. The lowest BCUT2D eigenvalue weighted by Crippen LogP contribution is -2.38. The van der Waals surface area contributed by atoms with Gasteiger partial charge in [0.1, 0.15) is 5.75 Å². The predicted molar refractivity (Wildman–Crippen MR) is 90.0 cm³/mol. The van der Waals surface area contributed by atoms with E-state index in [1.807, 2.05) is 34.8 Å². The van der Waals surface area contributed by atoms with Crippen molar-refractivity contribution >= 4 is 5.91 Å². The summed E-state index contributed by atoms with van der Waals surface area (Å²) in [5, 5.41) is 12.1. The lowest BCUT2D eigenvalue weighted by molar-refractivity contribution is 0.0706. The fourth-order valence-electron chi connectivity index (χ4n) is 3.11. The fraction of sp³-hybridized carbons (Fsp3) is 0.294. The Balaban J connectivity index is 1.67. The topological polar surface area (TPSA) is 78.1 Å². The van der Waals surface area contributed by atoms with Gasteiger partial charge in [0, 0.05) is 30.9 Å². The molecular formula is C17H18N6O2. The second kappa shape index (κ2) is 6.04. The number of carbonyl (C=O) groups is 1. The van der Waals surface area contributed by atoms with Gasteiger partial charge in [0.25, 0.3) is 5.91 Å². The van der Waals surface area contributed by atoms with Crippen LogP contribution in [-0.4, -0.2) is 49.2 Å². The van der Waals surface area contributed by atoms with Crippen LogP contribution in [0.5, 0.6) is 5.75 Å². The standard InChI is InChI=1S/C17H18N6O2/c1-21-15(5-6-19-21)14-9-12(3-4-16(14)25-2)17(24)22-7-8-23-13(11-22)10-18-20-23/h3-6,9-10H,7-8,11H2,1-2H3. The minimum atomic E-state index is -0.0153. The number of nitrogens with zero attached hydrogens (tertiary/aromatic N) is 6. The van der Waals surface area contributed by atoms with Crippen LogP contribution in [0.1, 0.15) is 16.1 Å². The van der Waals surface area contributed by atoms with Crippen LogP contribution in [0.15, 0.2) is 36.7 Å². The van der Waals surface area contributed by atoms with Crippen LogP contribution < -0.4 is 4.74 Å². The Morgan fingerprint density at radius 3 is 2.88 bits per heavy atom. The molecule has 25 heavy (non-hydrogen) atoms. The van der Waals surface area contributed by atoms with Crippen molar-refractivity contribution in [1.29, 1.82) is 0 Å². The van der Waals surface area contributed by atoms with E-state index in [-0.39, 0.29) is 5.91 Å². The van der Waals surface area contributed by atoms with Gasteiger partial charge < -0.3 is 9.64 Å². The van der Waals surface area contributed by atoms with Crippen LogP contribution in [0, 0.1) is 0 Å². The van der Waals surface area contributed by atoms with Gasteiger partial charge in [0.05, 0.1) is 37.8 Å². The van der Waals surface area contributed by atoms with Crippen LogP contribution in [0.2, 0.25) is 0 Å². The van der Waals surface area contributed by atoms with Crippen molar-refractivity contribution in [2.45, 2.75) is 13.1 Å². The average molecular weight is 338 g/mol.